The van der Waals surface area contributed by atoms with E-state index in [2.05, 4.69) is 20.9 Å². The summed E-state index contributed by atoms with van der Waals surface area (Å²) in [6, 6.07) is 8.48. The third-order valence-electron chi connectivity index (χ3n) is 5.20. The fourth-order valence-electron chi connectivity index (χ4n) is 3.49. The zero-order valence-corrected chi connectivity index (χ0v) is 16.8. The number of rotatable bonds is 8. The highest BCUT2D eigenvalue weighted by molar-refractivity contribution is 5.89. The zero-order valence-electron chi connectivity index (χ0n) is 16.8. The van der Waals surface area contributed by atoms with Crippen LogP contribution < -0.4 is 16.0 Å². The summed E-state index contributed by atoms with van der Waals surface area (Å²) >= 11 is 0. The lowest BCUT2D eigenvalue weighted by molar-refractivity contribution is -0.125. The Morgan fingerprint density at radius 1 is 1.03 bits per heavy atom. The van der Waals surface area contributed by atoms with Crippen molar-refractivity contribution in [2.45, 2.75) is 30.8 Å². The Morgan fingerprint density at radius 3 is 2.47 bits per heavy atom. The third kappa shape index (κ3) is 6.64. The highest BCUT2D eigenvalue weighted by Crippen LogP contribution is 2.23. The van der Waals surface area contributed by atoms with Gasteiger partial charge in [-0.2, -0.15) is 0 Å². The second-order valence-electron chi connectivity index (χ2n) is 7.40. The minimum atomic E-state index is -1.20. The molecule has 10 nitrogen and oxygen atoms in total. The molecule has 0 aromatic heterocycles. The topological polar surface area (TPSA) is 132 Å². The van der Waals surface area contributed by atoms with Crippen LogP contribution in [0.2, 0.25) is 0 Å². The molecule has 4 atom stereocenters. The van der Waals surface area contributed by atoms with Crippen molar-refractivity contribution < 1.29 is 29.3 Å². The summed E-state index contributed by atoms with van der Waals surface area (Å²) in [5, 5.41) is 28.5. The van der Waals surface area contributed by atoms with Gasteiger partial charge in [-0.15, -0.1) is 0 Å². The van der Waals surface area contributed by atoms with Gasteiger partial charge in [0.25, 0.3) is 0 Å². The molecule has 3 rings (SSSR count). The number of carbonyl (C=O) groups is 2. The van der Waals surface area contributed by atoms with E-state index in [-0.39, 0.29) is 18.9 Å². The Labute approximate surface area is 175 Å². The number of hydrogen-bond donors (Lipinski definition) is 5. The second kappa shape index (κ2) is 11.2. The number of ether oxygens (including phenoxy) is 2. The van der Waals surface area contributed by atoms with Crippen LogP contribution in [0.5, 0.6) is 0 Å². The number of amides is 3. The van der Waals surface area contributed by atoms with E-state index in [1.807, 2.05) is 6.07 Å². The summed E-state index contributed by atoms with van der Waals surface area (Å²) in [6.07, 6.45) is -4.07. The van der Waals surface area contributed by atoms with Crippen molar-refractivity contribution in [3.63, 3.8) is 0 Å². The number of aliphatic hydroxyl groups is 2. The highest BCUT2D eigenvalue weighted by Gasteiger charge is 2.43. The molecule has 30 heavy (non-hydrogen) atoms. The number of para-hydroxylation sites is 1. The molecule has 0 spiro atoms. The first-order valence-corrected chi connectivity index (χ1v) is 10.2. The maximum Gasteiger partial charge on any atom is 0.319 e. The zero-order chi connectivity index (χ0) is 21.3. The van der Waals surface area contributed by atoms with Gasteiger partial charge in [-0.1, -0.05) is 18.2 Å². The van der Waals surface area contributed by atoms with Gasteiger partial charge in [0.05, 0.1) is 25.7 Å². The molecular weight excluding hydrogens is 392 g/mol. The lowest BCUT2D eigenvalue weighted by Gasteiger charge is -2.26. The van der Waals surface area contributed by atoms with Crippen molar-refractivity contribution in [3.8, 4) is 0 Å². The normalized spacial score (nSPS) is 26.9. The molecule has 2 fully saturated rings. The first kappa shape index (κ1) is 22.4. The molecule has 10 heteroatoms. The molecule has 3 amide bonds. The van der Waals surface area contributed by atoms with Gasteiger partial charge in [0.1, 0.15) is 18.3 Å². The van der Waals surface area contributed by atoms with E-state index in [0.29, 0.717) is 25.4 Å². The molecule has 1 aromatic carbocycles. The summed E-state index contributed by atoms with van der Waals surface area (Å²) < 4.78 is 10.9. The molecule has 2 aliphatic rings. The lowest BCUT2D eigenvalue weighted by atomic mass is 10.1. The van der Waals surface area contributed by atoms with E-state index in [1.165, 1.54) is 0 Å². The van der Waals surface area contributed by atoms with E-state index < -0.39 is 30.4 Å². The number of anilines is 1. The van der Waals surface area contributed by atoms with Gasteiger partial charge in [-0.3, -0.25) is 9.69 Å². The number of aliphatic hydroxyl groups excluding tert-OH is 2. The number of morpholine rings is 1. The Kier molecular flexibility index (Phi) is 8.40. The van der Waals surface area contributed by atoms with E-state index in [1.54, 1.807) is 24.3 Å². The van der Waals surface area contributed by atoms with E-state index >= 15 is 0 Å². The van der Waals surface area contributed by atoms with Gasteiger partial charge in [0.2, 0.25) is 5.91 Å². The van der Waals surface area contributed by atoms with Gasteiger partial charge in [0, 0.05) is 38.4 Å². The molecule has 0 bridgehead atoms. The van der Waals surface area contributed by atoms with Crippen LogP contribution in [0.25, 0.3) is 0 Å². The standard InChI is InChI=1S/C20H30N4O6/c25-17(21-6-7-24-8-10-29-11-9-24)12-15-18(26)19(27)16(30-15)13-22-20(28)23-14-4-2-1-3-5-14/h1-5,15-16,18-19,26-27H,6-13H2,(H,21,25)(H2,22,23,28)/t15-,16+,18-,19+/m0/s1. The molecule has 2 aliphatic heterocycles. The number of nitrogens with zero attached hydrogens (tertiary/aromatic N) is 1. The van der Waals surface area contributed by atoms with Gasteiger partial charge in [0.15, 0.2) is 0 Å². The average Bonchev–Trinajstić information content (AvgIpc) is 3.01. The van der Waals surface area contributed by atoms with Crippen LogP contribution in [-0.4, -0.2) is 97.4 Å². The Balaban J connectivity index is 1.36. The lowest BCUT2D eigenvalue weighted by Crippen LogP contribution is -2.42. The highest BCUT2D eigenvalue weighted by atomic mass is 16.5. The number of nitrogens with one attached hydrogen (secondary N) is 3. The van der Waals surface area contributed by atoms with E-state index in [9.17, 15) is 19.8 Å². The van der Waals surface area contributed by atoms with Crippen LogP contribution in [0.1, 0.15) is 6.42 Å². The molecular formula is C20H30N4O6. The first-order valence-electron chi connectivity index (χ1n) is 10.2. The van der Waals surface area contributed by atoms with Crippen molar-refractivity contribution in [1.82, 2.24) is 15.5 Å². The third-order valence-corrected chi connectivity index (χ3v) is 5.20. The SMILES string of the molecule is O=C(C[C@@H]1O[C@H](CNC(=O)Nc2ccccc2)[C@@H](O)[C@H]1O)NCCN1CCOCC1. The average molecular weight is 422 g/mol. The predicted octanol–water partition coefficient (Wildman–Crippen LogP) is -0.864. The van der Waals surface area contributed by atoms with Crippen LogP contribution >= 0.6 is 0 Å². The van der Waals surface area contributed by atoms with E-state index in [0.717, 1.165) is 19.6 Å². The quantitative estimate of drug-likeness (QED) is 0.368. The van der Waals surface area contributed by atoms with Crippen molar-refractivity contribution in [1.29, 1.82) is 0 Å². The number of carbonyl (C=O) groups excluding carboxylic acids is 2. The van der Waals surface area contributed by atoms with Crippen LogP contribution in [0.3, 0.4) is 0 Å². The van der Waals surface area contributed by atoms with Crippen molar-refractivity contribution in [2.24, 2.45) is 0 Å². The molecule has 0 radical (unpaired) electrons. The summed E-state index contributed by atoms with van der Waals surface area (Å²) in [5.41, 5.74) is 0.634. The molecule has 2 heterocycles. The van der Waals surface area contributed by atoms with Crippen LogP contribution in [0.15, 0.2) is 30.3 Å². The molecule has 2 saturated heterocycles. The Morgan fingerprint density at radius 2 is 1.73 bits per heavy atom. The van der Waals surface area contributed by atoms with Crippen LogP contribution in [0, 0.1) is 0 Å². The largest absolute Gasteiger partial charge is 0.388 e. The number of benzene rings is 1. The summed E-state index contributed by atoms with van der Waals surface area (Å²) in [4.78, 5) is 26.3. The molecule has 0 unspecified atom stereocenters. The monoisotopic (exact) mass is 422 g/mol. The molecule has 5 N–H and O–H groups in total. The predicted molar refractivity (Wildman–Crippen MR) is 109 cm³/mol. The van der Waals surface area contributed by atoms with Crippen molar-refractivity contribution in [2.75, 3.05) is 51.3 Å². The van der Waals surface area contributed by atoms with Gasteiger partial charge >= 0.3 is 6.03 Å². The molecule has 0 saturated carbocycles. The number of hydrogen-bond acceptors (Lipinski definition) is 7. The molecule has 166 valence electrons. The Bertz CT molecular complexity index is 685. The molecule has 1 aromatic rings. The molecule has 0 aliphatic carbocycles. The minimum Gasteiger partial charge on any atom is -0.388 e. The number of urea groups is 1. The first-order chi connectivity index (χ1) is 14.5. The van der Waals surface area contributed by atoms with Crippen LogP contribution in [-0.2, 0) is 14.3 Å². The smallest absolute Gasteiger partial charge is 0.319 e. The fraction of sp³-hybridized carbons (Fsp3) is 0.600. The maximum absolute atomic E-state index is 12.2. The maximum atomic E-state index is 12.2. The summed E-state index contributed by atoms with van der Waals surface area (Å²) in [7, 11) is 0. The minimum absolute atomic E-state index is 0.00600. The van der Waals surface area contributed by atoms with Gasteiger partial charge in [-0.25, -0.2) is 4.79 Å². The van der Waals surface area contributed by atoms with Gasteiger partial charge < -0.3 is 35.6 Å². The second-order valence-corrected chi connectivity index (χ2v) is 7.40. The van der Waals surface area contributed by atoms with Crippen molar-refractivity contribution in [3.05, 3.63) is 30.3 Å². The van der Waals surface area contributed by atoms with Crippen LogP contribution in [0.4, 0.5) is 10.5 Å². The van der Waals surface area contributed by atoms with Crippen molar-refractivity contribution >= 4 is 17.6 Å². The fourth-order valence-corrected chi connectivity index (χ4v) is 3.49. The van der Waals surface area contributed by atoms with Gasteiger partial charge in [-0.05, 0) is 12.1 Å². The summed E-state index contributed by atoms with van der Waals surface area (Å²) in [5.74, 6) is -0.255. The van der Waals surface area contributed by atoms with E-state index in [4.69, 9.17) is 9.47 Å². The summed E-state index contributed by atoms with van der Waals surface area (Å²) in [6.45, 7) is 4.33. The Hall–Kier alpha value is -2.24.